The van der Waals surface area contributed by atoms with Crippen molar-refractivity contribution in [3.8, 4) is 5.75 Å². The highest BCUT2D eigenvalue weighted by Crippen LogP contribution is 2.34. The Kier molecular flexibility index (Phi) is 7.71. The van der Waals surface area contributed by atoms with Crippen molar-refractivity contribution in [1.29, 1.82) is 0 Å². The molecule has 1 saturated heterocycles. The molecule has 1 fully saturated rings. The third-order valence-corrected chi connectivity index (χ3v) is 7.42. The van der Waals surface area contributed by atoms with Gasteiger partial charge >= 0.3 is 0 Å². The lowest BCUT2D eigenvalue weighted by atomic mass is 10.00. The van der Waals surface area contributed by atoms with E-state index in [-0.39, 0.29) is 36.4 Å². The summed E-state index contributed by atoms with van der Waals surface area (Å²) < 4.78 is 11.9. The lowest BCUT2D eigenvalue weighted by Gasteiger charge is -2.37. The molecule has 2 aliphatic rings. The van der Waals surface area contributed by atoms with Gasteiger partial charge in [0, 0.05) is 30.5 Å². The van der Waals surface area contributed by atoms with Crippen LogP contribution in [0.3, 0.4) is 0 Å². The number of fused-ring (bicyclic) bond motifs is 1. The number of carbonyl (C=O) groups is 2. The van der Waals surface area contributed by atoms with Crippen LogP contribution < -0.4 is 4.74 Å². The topological polar surface area (TPSA) is 59.1 Å². The van der Waals surface area contributed by atoms with E-state index < -0.39 is 0 Å². The van der Waals surface area contributed by atoms with Crippen molar-refractivity contribution in [2.45, 2.75) is 52.2 Å². The molecule has 3 heterocycles. The fourth-order valence-corrected chi connectivity index (χ4v) is 5.50. The molecular weight excluding hydrogens is 436 g/mol. The molecule has 0 saturated carbocycles. The molecular formula is C26H34N2O4S. The largest absolute Gasteiger partial charge is 0.491 e. The van der Waals surface area contributed by atoms with Gasteiger partial charge in [-0.25, -0.2) is 0 Å². The minimum Gasteiger partial charge on any atom is -0.491 e. The molecule has 178 valence electrons. The number of hydrogen-bond acceptors (Lipinski definition) is 5. The lowest BCUT2D eigenvalue weighted by molar-refractivity contribution is -0.145. The summed E-state index contributed by atoms with van der Waals surface area (Å²) in [5.74, 6) is 0.603. The van der Waals surface area contributed by atoms with Crippen LogP contribution in [0.4, 0.5) is 0 Å². The van der Waals surface area contributed by atoms with Gasteiger partial charge in [-0.3, -0.25) is 9.59 Å². The second kappa shape index (κ2) is 10.7. The second-order valence-electron chi connectivity index (χ2n) is 9.28. The predicted molar refractivity (Wildman–Crippen MR) is 130 cm³/mol. The second-order valence-corrected chi connectivity index (χ2v) is 10.3. The van der Waals surface area contributed by atoms with Crippen LogP contribution in [0.2, 0.25) is 0 Å². The first kappa shape index (κ1) is 23.8. The zero-order valence-electron chi connectivity index (χ0n) is 19.8. The van der Waals surface area contributed by atoms with Crippen LogP contribution in [0.25, 0.3) is 0 Å². The van der Waals surface area contributed by atoms with Crippen LogP contribution in [0, 0.1) is 12.8 Å². The van der Waals surface area contributed by atoms with E-state index in [1.807, 2.05) is 49.9 Å². The van der Waals surface area contributed by atoms with E-state index in [9.17, 15) is 9.59 Å². The van der Waals surface area contributed by atoms with Crippen LogP contribution in [-0.4, -0.2) is 60.6 Å². The van der Waals surface area contributed by atoms with Crippen LogP contribution in [0.1, 0.15) is 48.7 Å². The number of hydrogen-bond donors (Lipinski definition) is 0. The molecule has 4 rings (SSSR count). The molecule has 0 spiro atoms. The van der Waals surface area contributed by atoms with Gasteiger partial charge in [0.2, 0.25) is 11.8 Å². The number of aryl methyl sites for hydroxylation is 1. The summed E-state index contributed by atoms with van der Waals surface area (Å²) in [4.78, 5) is 31.4. The Morgan fingerprint density at radius 1 is 1.24 bits per heavy atom. The molecule has 2 aliphatic heterocycles. The summed E-state index contributed by atoms with van der Waals surface area (Å²) in [5.41, 5.74) is 2.34. The van der Waals surface area contributed by atoms with Crippen molar-refractivity contribution in [2.24, 2.45) is 5.92 Å². The highest BCUT2D eigenvalue weighted by Gasteiger charge is 2.34. The first-order chi connectivity index (χ1) is 15.9. The number of ether oxygens (including phenoxy) is 2. The van der Waals surface area contributed by atoms with Gasteiger partial charge in [0.1, 0.15) is 12.4 Å². The summed E-state index contributed by atoms with van der Waals surface area (Å²) in [7, 11) is 0. The molecule has 6 nitrogen and oxygen atoms in total. The van der Waals surface area contributed by atoms with E-state index in [1.54, 1.807) is 16.2 Å². The first-order valence-electron chi connectivity index (χ1n) is 11.9. The lowest BCUT2D eigenvalue weighted by Crippen LogP contribution is -2.50. The number of benzene rings is 1. The van der Waals surface area contributed by atoms with E-state index in [4.69, 9.17) is 9.47 Å². The van der Waals surface area contributed by atoms with Crippen LogP contribution in [0.5, 0.6) is 5.75 Å². The zero-order chi connectivity index (χ0) is 23.4. The molecule has 7 heteroatoms. The molecule has 0 unspecified atom stereocenters. The molecule has 2 atom stereocenters. The summed E-state index contributed by atoms with van der Waals surface area (Å²) in [5, 5.41) is 2.09. The number of rotatable bonds is 8. The monoisotopic (exact) mass is 470 g/mol. The summed E-state index contributed by atoms with van der Waals surface area (Å²) in [6.45, 7) is 8.12. The van der Waals surface area contributed by atoms with Gasteiger partial charge in [0.15, 0.2) is 0 Å². The summed E-state index contributed by atoms with van der Waals surface area (Å²) >= 11 is 1.74. The Morgan fingerprint density at radius 3 is 2.73 bits per heavy atom. The molecule has 1 aromatic heterocycles. The minimum absolute atomic E-state index is 0.000429. The summed E-state index contributed by atoms with van der Waals surface area (Å²) in [6, 6.07) is 9.91. The molecule has 33 heavy (non-hydrogen) atoms. The fourth-order valence-electron chi connectivity index (χ4n) is 4.57. The molecule has 0 bridgehead atoms. The zero-order valence-corrected chi connectivity index (χ0v) is 20.6. The Balaban J connectivity index is 1.49. The standard InChI is InChI=1S/C26H34N2O4S/c1-18(2)26(30)27(15-21-5-4-13-31-21)16-25(29)28-12-10-24-22(11-14-33-24)23(28)17-32-20-8-6-19(3)7-9-20/h6-9,11,14,18,21,23H,4-5,10,12-13,15-17H2,1-3H3/t21-,23+/m1/s1. The van der Waals surface area contributed by atoms with E-state index in [2.05, 4.69) is 11.4 Å². The molecule has 0 aliphatic carbocycles. The molecule has 0 radical (unpaired) electrons. The number of carbonyl (C=O) groups excluding carboxylic acids is 2. The van der Waals surface area contributed by atoms with Crippen molar-refractivity contribution < 1.29 is 19.1 Å². The van der Waals surface area contributed by atoms with Crippen LogP contribution in [-0.2, 0) is 20.7 Å². The average molecular weight is 471 g/mol. The molecule has 1 aromatic carbocycles. The van der Waals surface area contributed by atoms with Crippen molar-refractivity contribution in [3.05, 3.63) is 51.7 Å². The predicted octanol–water partition coefficient (Wildman–Crippen LogP) is 4.22. The number of amides is 2. The highest BCUT2D eigenvalue weighted by molar-refractivity contribution is 7.10. The van der Waals surface area contributed by atoms with Crippen LogP contribution in [0.15, 0.2) is 35.7 Å². The summed E-state index contributed by atoms with van der Waals surface area (Å²) in [6.07, 6.45) is 2.80. The first-order valence-corrected chi connectivity index (χ1v) is 12.8. The molecule has 0 N–H and O–H groups in total. The van der Waals surface area contributed by atoms with Crippen molar-refractivity contribution in [2.75, 3.05) is 32.8 Å². The van der Waals surface area contributed by atoms with E-state index in [0.29, 0.717) is 19.7 Å². The normalized spacial score (nSPS) is 20.1. The van der Waals surface area contributed by atoms with Crippen molar-refractivity contribution >= 4 is 23.2 Å². The van der Waals surface area contributed by atoms with E-state index in [1.165, 1.54) is 10.4 Å². The molecule has 2 amide bonds. The van der Waals surface area contributed by atoms with Gasteiger partial charge in [-0.1, -0.05) is 31.5 Å². The minimum atomic E-state index is -0.162. The number of thiophene rings is 1. The van der Waals surface area contributed by atoms with Gasteiger partial charge in [0.05, 0.1) is 18.7 Å². The van der Waals surface area contributed by atoms with Crippen molar-refractivity contribution in [3.63, 3.8) is 0 Å². The van der Waals surface area contributed by atoms with Crippen molar-refractivity contribution in [1.82, 2.24) is 9.80 Å². The van der Waals surface area contributed by atoms with Gasteiger partial charge in [-0.2, -0.15) is 0 Å². The van der Waals surface area contributed by atoms with E-state index >= 15 is 0 Å². The average Bonchev–Trinajstić information content (AvgIpc) is 3.49. The Morgan fingerprint density at radius 2 is 2.03 bits per heavy atom. The molecule has 2 aromatic rings. The van der Waals surface area contributed by atoms with Crippen LogP contribution >= 0.6 is 11.3 Å². The fraction of sp³-hybridized carbons (Fsp3) is 0.538. The maximum atomic E-state index is 13.5. The highest BCUT2D eigenvalue weighted by atomic mass is 32.1. The van der Waals surface area contributed by atoms with Gasteiger partial charge < -0.3 is 19.3 Å². The third kappa shape index (κ3) is 5.76. The number of nitrogens with zero attached hydrogens (tertiary/aromatic N) is 2. The Bertz CT molecular complexity index is 949. The Hall–Kier alpha value is -2.38. The Labute approximate surface area is 200 Å². The maximum absolute atomic E-state index is 13.5. The van der Waals surface area contributed by atoms with Gasteiger partial charge in [0.25, 0.3) is 0 Å². The van der Waals surface area contributed by atoms with E-state index in [0.717, 1.165) is 37.2 Å². The maximum Gasteiger partial charge on any atom is 0.242 e. The van der Waals surface area contributed by atoms with Gasteiger partial charge in [-0.15, -0.1) is 11.3 Å². The van der Waals surface area contributed by atoms with Gasteiger partial charge in [-0.05, 0) is 55.3 Å². The third-order valence-electron chi connectivity index (χ3n) is 6.42. The SMILES string of the molecule is Cc1ccc(OC[C@H]2c3ccsc3CCN2C(=O)CN(C[C@H]2CCCO2)C(=O)C(C)C)cc1. The smallest absolute Gasteiger partial charge is 0.242 e. The quantitative estimate of drug-likeness (QED) is 0.580.